The molecular formula is C14H15N3O5. The second-order valence-electron chi connectivity index (χ2n) is 4.28. The van der Waals surface area contributed by atoms with Gasteiger partial charge in [0.2, 0.25) is 0 Å². The first kappa shape index (κ1) is 15.5. The van der Waals surface area contributed by atoms with Gasteiger partial charge in [0.05, 0.1) is 24.4 Å². The van der Waals surface area contributed by atoms with E-state index in [1.807, 2.05) is 0 Å². The van der Waals surface area contributed by atoms with Crippen LogP contribution in [0.2, 0.25) is 0 Å². The molecule has 1 aromatic rings. The Hall–Kier alpha value is -2.90. The summed E-state index contributed by atoms with van der Waals surface area (Å²) in [6.45, 7) is 1.64. The third-order valence-electron chi connectivity index (χ3n) is 2.80. The molecule has 1 aliphatic heterocycles. The van der Waals surface area contributed by atoms with Gasteiger partial charge in [-0.25, -0.2) is 19.4 Å². The van der Waals surface area contributed by atoms with Crippen molar-refractivity contribution in [3.05, 3.63) is 41.4 Å². The van der Waals surface area contributed by atoms with E-state index in [4.69, 9.17) is 9.47 Å². The lowest BCUT2D eigenvalue weighted by Gasteiger charge is -2.21. The standard InChI is InChI=1S/C14H15N3O5/c1-2-21-12(18)9-7-16-14(20)17-11(9)8-22-13(19)10-5-3-4-6-15-10/h3-6H,2,7-8H2,1H3,(H2,16,17,20). The highest BCUT2D eigenvalue weighted by molar-refractivity contribution is 5.94. The maximum atomic E-state index is 11.8. The number of carbonyl (C=O) groups excluding carboxylic acids is 3. The first-order chi connectivity index (χ1) is 10.6. The number of amides is 2. The van der Waals surface area contributed by atoms with Gasteiger partial charge in [0.25, 0.3) is 0 Å². The summed E-state index contributed by atoms with van der Waals surface area (Å²) in [5.41, 5.74) is 0.558. The topological polar surface area (TPSA) is 107 Å². The molecule has 22 heavy (non-hydrogen) atoms. The smallest absolute Gasteiger partial charge is 0.357 e. The molecule has 0 aliphatic carbocycles. The first-order valence-corrected chi connectivity index (χ1v) is 6.64. The molecule has 2 heterocycles. The molecule has 0 bridgehead atoms. The summed E-state index contributed by atoms with van der Waals surface area (Å²) >= 11 is 0. The average molecular weight is 305 g/mol. The molecular weight excluding hydrogens is 290 g/mol. The van der Waals surface area contributed by atoms with E-state index in [1.165, 1.54) is 12.3 Å². The number of ether oxygens (including phenoxy) is 2. The van der Waals surface area contributed by atoms with Gasteiger partial charge in [-0.2, -0.15) is 0 Å². The Morgan fingerprint density at radius 2 is 2.09 bits per heavy atom. The van der Waals surface area contributed by atoms with E-state index in [0.29, 0.717) is 0 Å². The maximum absolute atomic E-state index is 11.8. The minimum absolute atomic E-state index is 0.0150. The molecule has 2 rings (SSSR count). The van der Waals surface area contributed by atoms with Gasteiger partial charge in [-0.1, -0.05) is 6.07 Å². The van der Waals surface area contributed by atoms with Gasteiger partial charge in [-0.3, -0.25) is 0 Å². The van der Waals surface area contributed by atoms with Gasteiger partial charge < -0.3 is 20.1 Å². The normalized spacial score (nSPS) is 14.0. The molecule has 1 aromatic heterocycles. The largest absolute Gasteiger partial charge is 0.463 e. The van der Waals surface area contributed by atoms with Crippen LogP contribution in [0.3, 0.4) is 0 Å². The summed E-state index contributed by atoms with van der Waals surface area (Å²) in [4.78, 5) is 38.8. The fourth-order valence-corrected chi connectivity index (χ4v) is 1.76. The predicted molar refractivity (Wildman–Crippen MR) is 74.7 cm³/mol. The van der Waals surface area contributed by atoms with E-state index >= 15 is 0 Å². The van der Waals surface area contributed by atoms with Crippen LogP contribution >= 0.6 is 0 Å². The SMILES string of the molecule is CCOC(=O)C1=C(COC(=O)c2ccccn2)NC(=O)NC1. The summed E-state index contributed by atoms with van der Waals surface area (Å²) in [5.74, 6) is -1.22. The van der Waals surface area contributed by atoms with Crippen LogP contribution in [0.1, 0.15) is 17.4 Å². The monoisotopic (exact) mass is 305 g/mol. The molecule has 0 atom stereocenters. The van der Waals surface area contributed by atoms with Crippen molar-refractivity contribution in [3.63, 3.8) is 0 Å². The number of esters is 2. The van der Waals surface area contributed by atoms with Crippen molar-refractivity contribution >= 4 is 18.0 Å². The summed E-state index contributed by atoms with van der Waals surface area (Å²) in [5, 5.41) is 4.90. The molecule has 0 unspecified atom stereocenters. The van der Waals surface area contributed by atoms with E-state index in [1.54, 1.807) is 19.1 Å². The molecule has 2 N–H and O–H groups in total. The molecule has 0 spiro atoms. The van der Waals surface area contributed by atoms with E-state index in [9.17, 15) is 14.4 Å². The van der Waals surface area contributed by atoms with E-state index in [-0.39, 0.29) is 36.7 Å². The van der Waals surface area contributed by atoms with Crippen molar-refractivity contribution in [2.45, 2.75) is 6.92 Å². The number of hydrogen-bond donors (Lipinski definition) is 2. The van der Waals surface area contributed by atoms with Gasteiger partial charge in [0.15, 0.2) is 0 Å². The fourth-order valence-electron chi connectivity index (χ4n) is 1.76. The van der Waals surface area contributed by atoms with Crippen LogP contribution in [-0.4, -0.2) is 42.7 Å². The maximum Gasteiger partial charge on any atom is 0.357 e. The number of pyridine rings is 1. The van der Waals surface area contributed by atoms with Crippen molar-refractivity contribution in [3.8, 4) is 0 Å². The van der Waals surface area contributed by atoms with Crippen LogP contribution < -0.4 is 10.6 Å². The molecule has 0 saturated heterocycles. The van der Waals surface area contributed by atoms with Gasteiger partial charge in [-0.05, 0) is 19.1 Å². The van der Waals surface area contributed by atoms with Crippen LogP contribution in [0, 0.1) is 0 Å². The number of nitrogens with zero attached hydrogens (tertiary/aromatic N) is 1. The highest BCUT2D eigenvalue weighted by atomic mass is 16.5. The second-order valence-corrected chi connectivity index (χ2v) is 4.28. The first-order valence-electron chi connectivity index (χ1n) is 6.64. The van der Waals surface area contributed by atoms with Crippen LogP contribution in [-0.2, 0) is 14.3 Å². The Morgan fingerprint density at radius 3 is 2.77 bits per heavy atom. The highest BCUT2D eigenvalue weighted by Crippen LogP contribution is 2.09. The number of nitrogens with one attached hydrogen (secondary N) is 2. The van der Waals surface area contributed by atoms with Crippen molar-refractivity contribution in [1.29, 1.82) is 0 Å². The Bertz CT molecular complexity index is 612. The van der Waals surface area contributed by atoms with Crippen LogP contribution in [0.15, 0.2) is 35.7 Å². The Morgan fingerprint density at radius 1 is 1.27 bits per heavy atom. The molecule has 1 aliphatic rings. The van der Waals surface area contributed by atoms with Crippen molar-refractivity contribution in [1.82, 2.24) is 15.6 Å². The fraction of sp³-hybridized carbons (Fsp3) is 0.286. The van der Waals surface area contributed by atoms with Gasteiger partial charge in [-0.15, -0.1) is 0 Å². The van der Waals surface area contributed by atoms with Crippen LogP contribution in [0.25, 0.3) is 0 Å². The Kier molecular flexibility index (Phi) is 5.07. The van der Waals surface area contributed by atoms with Gasteiger partial charge >= 0.3 is 18.0 Å². The number of hydrogen-bond acceptors (Lipinski definition) is 6. The highest BCUT2D eigenvalue weighted by Gasteiger charge is 2.24. The quantitative estimate of drug-likeness (QED) is 0.761. The molecule has 2 amide bonds. The molecule has 0 fully saturated rings. The molecule has 8 heteroatoms. The van der Waals surface area contributed by atoms with Crippen molar-refractivity contribution in [2.75, 3.05) is 19.8 Å². The minimum atomic E-state index is -0.649. The third-order valence-corrected chi connectivity index (χ3v) is 2.80. The molecule has 0 saturated carbocycles. The van der Waals surface area contributed by atoms with Crippen LogP contribution in [0.5, 0.6) is 0 Å². The summed E-state index contributed by atoms with van der Waals surface area (Å²) < 4.78 is 9.96. The van der Waals surface area contributed by atoms with Crippen molar-refractivity contribution < 1.29 is 23.9 Å². The zero-order valence-corrected chi connectivity index (χ0v) is 11.9. The zero-order chi connectivity index (χ0) is 15.9. The Labute approximate surface area is 126 Å². The Balaban J connectivity index is 2.08. The third kappa shape index (κ3) is 3.81. The lowest BCUT2D eigenvalue weighted by atomic mass is 10.2. The lowest BCUT2D eigenvalue weighted by molar-refractivity contribution is -0.138. The number of carbonyl (C=O) groups is 3. The number of urea groups is 1. The van der Waals surface area contributed by atoms with E-state index in [2.05, 4.69) is 15.6 Å². The zero-order valence-electron chi connectivity index (χ0n) is 11.9. The van der Waals surface area contributed by atoms with Crippen molar-refractivity contribution in [2.24, 2.45) is 0 Å². The molecule has 8 nitrogen and oxygen atoms in total. The summed E-state index contributed by atoms with van der Waals surface area (Å²) in [6.07, 6.45) is 1.46. The average Bonchev–Trinajstić information content (AvgIpc) is 2.53. The lowest BCUT2D eigenvalue weighted by Crippen LogP contribution is -2.45. The summed E-state index contributed by atoms with van der Waals surface area (Å²) in [7, 11) is 0. The van der Waals surface area contributed by atoms with Gasteiger partial charge in [0, 0.05) is 6.20 Å². The number of rotatable bonds is 5. The summed E-state index contributed by atoms with van der Waals surface area (Å²) in [6, 6.07) is 4.35. The second kappa shape index (κ2) is 7.21. The van der Waals surface area contributed by atoms with Gasteiger partial charge in [0.1, 0.15) is 12.3 Å². The number of aromatic nitrogens is 1. The molecule has 116 valence electrons. The van der Waals surface area contributed by atoms with E-state index < -0.39 is 18.0 Å². The minimum Gasteiger partial charge on any atom is -0.463 e. The van der Waals surface area contributed by atoms with E-state index in [0.717, 1.165) is 0 Å². The van der Waals surface area contributed by atoms with Crippen LogP contribution in [0.4, 0.5) is 4.79 Å². The predicted octanol–water partition coefficient (Wildman–Crippen LogP) is 0.368. The molecule has 0 aromatic carbocycles. The molecule has 0 radical (unpaired) electrons.